The second kappa shape index (κ2) is 5.88. The zero-order valence-corrected chi connectivity index (χ0v) is 10.1. The van der Waals surface area contributed by atoms with Gasteiger partial charge in [-0.25, -0.2) is 4.39 Å². The van der Waals surface area contributed by atoms with Crippen molar-refractivity contribution in [1.82, 2.24) is 5.32 Å². The molecule has 0 radical (unpaired) electrons. The molecule has 0 unspecified atom stereocenters. The summed E-state index contributed by atoms with van der Waals surface area (Å²) < 4.78 is 19.3. The Labute approximate surface area is 97.3 Å². The van der Waals surface area contributed by atoms with Gasteiger partial charge >= 0.3 is 0 Å². The van der Waals surface area contributed by atoms with E-state index in [0.29, 0.717) is 11.0 Å². The van der Waals surface area contributed by atoms with Crippen molar-refractivity contribution < 1.29 is 9.13 Å². The molecule has 0 aliphatic heterocycles. The fourth-order valence-corrected chi connectivity index (χ4v) is 1.25. The van der Waals surface area contributed by atoms with Crippen LogP contribution in [0.4, 0.5) is 4.39 Å². The molecule has 82 valence electrons. The van der Waals surface area contributed by atoms with Crippen LogP contribution in [0.15, 0.2) is 29.3 Å². The van der Waals surface area contributed by atoms with Gasteiger partial charge in [-0.05, 0) is 24.7 Å². The van der Waals surface area contributed by atoms with Crippen LogP contribution < -0.4 is 10.1 Å². The van der Waals surface area contributed by atoms with Gasteiger partial charge in [-0.1, -0.05) is 28.6 Å². The number of halogens is 2. The van der Waals surface area contributed by atoms with Crippen molar-refractivity contribution in [2.45, 2.75) is 6.54 Å². The summed E-state index contributed by atoms with van der Waals surface area (Å²) in [6, 6.07) is 4.91. The second-order valence-corrected chi connectivity index (χ2v) is 4.22. The lowest BCUT2D eigenvalue weighted by Gasteiger charge is -2.07. The zero-order chi connectivity index (χ0) is 11.3. The van der Waals surface area contributed by atoms with E-state index in [1.165, 1.54) is 6.07 Å². The molecule has 2 nitrogen and oxygen atoms in total. The minimum Gasteiger partial charge on any atom is -0.485 e. The van der Waals surface area contributed by atoms with E-state index in [1.54, 1.807) is 6.07 Å². The Bertz CT molecular complexity index is 354. The van der Waals surface area contributed by atoms with E-state index in [4.69, 9.17) is 4.74 Å². The van der Waals surface area contributed by atoms with Crippen molar-refractivity contribution in [3.05, 3.63) is 40.6 Å². The molecule has 0 saturated carbocycles. The maximum atomic E-state index is 13.4. The topological polar surface area (TPSA) is 21.3 Å². The lowest BCUT2D eigenvalue weighted by molar-refractivity contribution is 0.339. The number of ether oxygens (including phenoxy) is 1. The first-order valence-electron chi connectivity index (χ1n) is 4.52. The first-order valence-corrected chi connectivity index (χ1v) is 5.32. The molecule has 4 heteroatoms. The van der Waals surface area contributed by atoms with Gasteiger partial charge in [0.2, 0.25) is 0 Å². The molecule has 0 fully saturated rings. The quantitative estimate of drug-likeness (QED) is 0.891. The highest BCUT2D eigenvalue weighted by Gasteiger charge is 2.04. The van der Waals surface area contributed by atoms with Gasteiger partial charge in [-0.3, -0.25) is 0 Å². The van der Waals surface area contributed by atoms with Crippen LogP contribution in [-0.2, 0) is 6.54 Å². The third-order valence-electron chi connectivity index (χ3n) is 1.76. The van der Waals surface area contributed by atoms with E-state index in [9.17, 15) is 4.39 Å². The number of hydrogen-bond donors (Lipinski definition) is 1. The Kier molecular flexibility index (Phi) is 4.78. The molecule has 0 saturated heterocycles. The first-order chi connectivity index (χ1) is 7.13. The number of benzene rings is 1. The van der Waals surface area contributed by atoms with Gasteiger partial charge in [0.1, 0.15) is 6.61 Å². The number of nitrogens with one attached hydrogen (secondary N) is 1. The highest BCUT2D eigenvalue weighted by molar-refractivity contribution is 9.11. The minimum absolute atomic E-state index is 0.246. The predicted molar refractivity (Wildman–Crippen MR) is 62.7 cm³/mol. The van der Waals surface area contributed by atoms with Crippen LogP contribution in [-0.4, -0.2) is 13.7 Å². The predicted octanol–water partition coefficient (Wildman–Crippen LogP) is 2.83. The van der Waals surface area contributed by atoms with Crippen molar-refractivity contribution in [2.24, 2.45) is 0 Å². The van der Waals surface area contributed by atoms with Crippen molar-refractivity contribution >= 4 is 15.9 Å². The fraction of sp³-hybridized carbons (Fsp3) is 0.273. The molecular formula is C11H13BrFNO. The molecule has 0 heterocycles. The van der Waals surface area contributed by atoms with Crippen molar-refractivity contribution in [2.75, 3.05) is 13.7 Å². The van der Waals surface area contributed by atoms with Crippen LogP contribution >= 0.6 is 15.9 Å². The van der Waals surface area contributed by atoms with Gasteiger partial charge < -0.3 is 10.1 Å². The summed E-state index contributed by atoms with van der Waals surface area (Å²) in [4.78, 5) is 0. The Morgan fingerprint density at radius 3 is 2.87 bits per heavy atom. The normalized spacial score (nSPS) is 10.1. The lowest BCUT2D eigenvalue weighted by Crippen LogP contribution is -2.06. The van der Waals surface area contributed by atoms with Crippen LogP contribution in [0.3, 0.4) is 0 Å². The smallest absolute Gasteiger partial charge is 0.165 e. The molecular weight excluding hydrogens is 261 g/mol. The Balaban J connectivity index is 2.70. The van der Waals surface area contributed by atoms with Gasteiger partial charge in [0.05, 0.1) is 0 Å². The second-order valence-electron chi connectivity index (χ2n) is 3.10. The summed E-state index contributed by atoms with van der Waals surface area (Å²) in [6.45, 7) is 4.51. The van der Waals surface area contributed by atoms with Crippen LogP contribution in [0, 0.1) is 5.82 Å². The Morgan fingerprint density at radius 2 is 2.33 bits per heavy atom. The average molecular weight is 274 g/mol. The molecule has 0 bridgehead atoms. The summed E-state index contributed by atoms with van der Waals surface area (Å²) in [6.07, 6.45) is 0. The molecule has 15 heavy (non-hydrogen) atoms. The highest BCUT2D eigenvalue weighted by Crippen LogP contribution is 2.19. The zero-order valence-electron chi connectivity index (χ0n) is 8.52. The standard InChI is InChI=1S/C11H13BrFNO/c1-8(12)7-15-11-4-3-9(6-14-2)5-10(11)13/h3-5,14H,1,6-7H2,2H3. The molecule has 0 spiro atoms. The molecule has 0 aliphatic carbocycles. The monoisotopic (exact) mass is 273 g/mol. The van der Waals surface area contributed by atoms with Gasteiger partial charge in [-0.2, -0.15) is 0 Å². The van der Waals surface area contributed by atoms with Crippen molar-refractivity contribution in [1.29, 1.82) is 0 Å². The largest absolute Gasteiger partial charge is 0.485 e. The molecule has 0 aliphatic rings. The number of rotatable bonds is 5. The maximum absolute atomic E-state index is 13.4. The number of hydrogen-bond acceptors (Lipinski definition) is 2. The fourth-order valence-electron chi connectivity index (χ4n) is 1.13. The molecule has 1 aromatic rings. The molecule has 1 N–H and O–H groups in total. The molecule has 0 aromatic heterocycles. The Hall–Kier alpha value is -0.870. The average Bonchev–Trinajstić information content (AvgIpc) is 2.17. The molecule has 1 aromatic carbocycles. The van der Waals surface area contributed by atoms with Gasteiger partial charge in [-0.15, -0.1) is 0 Å². The van der Waals surface area contributed by atoms with E-state index in [-0.39, 0.29) is 18.2 Å². The van der Waals surface area contributed by atoms with Gasteiger partial charge in [0.25, 0.3) is 0 Å². The van der Waals surface area contributed by atoms with Crippen LogP contribution in [0.25, 0.3) is 0 Å². The maximum Gasteiger partial charge on any atom is 0.165 e. The van der Waals surface area contributed by atoms with Crippen LogP contribution in [0.2, 0.25) is 0 Å². The van der Waals surface area contributed by atoms with Crippen molar-refractivity contribution in [3.63, 3.8) is 0 Å². The van der Waals surface area contributed by atoms with E-state index < -0.39 is 0 Å². The summed E-state index contributed by atoms with van der Waals surface area (Å²) in [5, 5.41) is 2.95. The first kappa shape index (κ1) is 12.2. The summed E-state index contributed by atoms with van der Waals surface area (Å²) >= 11 is 3.14. The molecule has 1 rings (SSSR count). The van der Waals surface area contributed by atoms with E-state index in [1.807, 2.05) is 13.1 Å². The third kappa shape index (κ3) is 4.01. The van der Waals surface area contributed by atoms with Crippen LogP contribution in [0.1, 0.15) is 5.56 Å². The summed E-state index contributed by atoms with van der Waals surface area (Å²) in [7, 11) is 1.82. The highest BCUT2D eigenvalue weighted by atomic mass is 79.9. The Morgan fingerprint density at radius 1 is 1.60 bits per heavy atom. The van der Waals surface area contributed by atoms with Crippen molar-refractivity contribution in [3.8, 4) is 5.75 Å². The summed E-state index contributed by atoms with van der Waals surface area (Å²) in [5.41, 5.74) is 0.889. The lowest BCUT2D eigenvalue weighted by atomic mass is 10.2. The third-order valence-corrected chi connectivity index (χ3v) is 1.99. The van der Waals surface area contributed by atoms with Crippen LogP contribution in [0.5, 0.6) is 5.75 Å². The van der Waals surface area contributed by atoms with Gasteiger partial charge in [0, 0.05) is 11.0 Å². The van der Waals surface area contributed by atoms with Gasteiger partial charge in [0.15, 0.2) is 11.6 Å². The van der Waals surface area contributed by atoms with E-state index in [0.717, 1.165) is 5.56 Å². The van der Waals surface area contributed by atoms with E-state index in [2.05, 4.69) is 27.8 Å². The molecule has 0 atom stereocenters. The minimum atomic E-state index is -0.350. The SMILES string of the molecule is C=C(Br)COc1ccc(CNC)cc1F. The molecule has 0 amide bonds. The summed E-state index contributed by atoms with van der Waals surface area (Å²) in [5.74, 6) is -0.105. The van der Waals surface area contributed by atoms with E-state index >= 15 is 0 Å².